The molecule has 1 aromatic heterocycles. The average Bonchev–Trinajstić information content (AvgIpc) is 2.89. The molecule has 0 bridgehead atoms. The Hall–Kier alpha value is -2.08. The van der Waals surface area contributed by atoms with Gasteiger partial charge < -0.3 is 15.4 Å². The maximum Gasteiger partial charge on any atom is 0.315 e. The second-order valence-electron chi connectivity index (χ2n) is 5.17. The predicted molar refractivity (Wildman–Crippen MR) is 88.4 cm³/mol. The Kier molecular flexibility index (Phi) is 5.77. The molecule has 6 heteroatoms. The number of aromatic nitrogens is 1. The van der Waals surface area contributed by atoms with Gasteiger partial charge in [-0.2, -0.15) is 0 Å². The first-order valence-electron chi connectivity index (χ1n) is 7.19. The lowest BCUT2D eigenvalue weighted by Crippen LogP contribution is -2.40. The van der Waals surface area contributed by atoms with Gasteiger partial charge in [-0.05, 0) is 38.5 Å². The van der Waals surface area contributed by atoms with E-state index in [0.717, 1.165) is 22.0 Å². The van der Waals surface area contributed by atoms with E-state index in [-0.39, 0.29) is 12.1 Å². The van der Waals surface area contributed by atoms with Crippen molar-refractivity contribution >= 4 is 17.4 Å². The van der Waals surface area contributed by atoms with Gasteiger partial charge in [0, 0.05) is 5.38 Å². The molecule has 5 nitrogen and oxygen atoms in total. The number of ether oxygens (including phenoxy) is 1. The van der Waals surface area contributed by atoms with Gasteiger partial charge in [0.05, 0.1) is 23.8 Å². The van der Waals surface area contributed by atoms with Gasteiger partial charge in [0.15, 0.2) is 0 Å². The van der Waals surface area contributed by atoms with E-state index in [1.54, 1.807) is 11.3 Å². The van der Waals surface area contributed by atoms with Gasteiger partial charge in [0.25, 0.3) is 0 Å². The van der Waals surface area contributed by atoms with E-state index in [0.29, 0.717) is 13.1 Å². The highest BCUT2D eigenvalue weighted by molar-refractivity contribution is 7.09. The molecule has 0 fully saturated rings. The van der Waals surface area contributed by atoms with Crippen LogP contribution in [0.5, 0.6) is 5.75 Å². The van der Waals surface area contributed by atoms with Crippen LogP contribution < -0.4 is 15.4 Å². The number of carbonyl (C=O) groups excluding carboxylic acids is 1. The number of aryl methyl sites for hydroxylation is 2. The zero-order valence-corrected chi connectivity index (χ0v) is 13.9. The topological polar surface area (TPSA) is 63.2 Å². The van der Waals surface area contributed by atoms with Crippen molar-refractivity contribution in [2.75, 3.05) is 6.54 Å². The number of amides is 2. The normalized spacial score (nSPS) is 11.8. The van der Waals surface area contributed by atoms with Crippen LogP contribution >= 0.6 is 11.3 Å². The summed E-state index contributed by atoms with van der Waals surface area (Å²) in [6.45, 7) is 6.76. The van der Waals surface area contributed by atoms with E-state index < -0.39 is 0 Å². The first-order valence-corrected chi connectivity index (χ1v) is 8.07. The molecule has 2 aromatic rings. The van der Waals surface area contributed by atoms with Crippen LogP contribution in [0, 0.1) is 13.8 Å². The van der Waals surface area contributed by atoms with E-state index in [9.17, 15) is 4.79 Å². The molecule has 2 N–H and O–H groups in total. The lowest BCUT2D eigenvalue weighted by atomic mass is 10.2. The molecule has 2 rings (SSSR count). The maximum atomic E-state index is 11.7. The van der Waals surface area contributed by atoms with Crippen molar-refractivity contribution in [2.45, 2.75) is 33.4 Å². The molecule has 1 atom stereocenters. The Labute approximate surface area is 134 Å². The Morgan fingerprint density at radius 1 is 1.36 bits per heavy atom. The average molecular weight is 319 g/mol. The van der Waals surface area contributed by atoms with Gasteiger partial charge in [-0.25, -0.2) is 9.78 Å². The van der Waals surface area contributed by atoms with Crippen LogP contribution in [0.2, 0.25) is 0 Å². The molecule has 0 spiro atoms. The van der Waals surface area contributed by atoms with Crippen molar-refractivity contribution in [2.24, 2.45) is 0 Å². The van der Waals surface area contributed by atoms with Gasteiger partial charge in [-0.15, -0.1) is 11.3 Å². The van der Waals surface area contributed by atoms with Gasteiger partial charge >= 0.3 is 6.03 Å². The Morgan fingerprint density at radius 3 is 2.86 bits per heavy atom. The summed E-state index contributed by atoms with van der Waals surface area (Å²) in [5.41, 5.74) is 2.02. The number of rotatable bonds is 6. The van der Waals surface area contributed by atoms with Crippen molar-refractivity contribution in [3.63, 3.8) is 0 Å². The van der Waals surface area contributed by atoms with Crippen LogP contribution in [-0.2, 0) is 6.54 Å². The predicted octanol–water partition coefficient (Wildman–Crippen LogP) is 3.03. The fourth-order valence-corrected chi connectivity index (χ4v) is 2.53. The van der Waals surface area contributed by atoms with Crippen molar-refractivity contribution in [3.8, 4) is 5.75 Å². The van der Waals surface area contributed by atoms with Crippen LogP contribution in [0.3, 0.4) is 0 Å². The van der Waals surface area contributed by atoms with E-state index >= 15 is 0 Å². The molecule has 2 amide bonds. The van der Waals surface area contributed by atoms with Crippen LogP contribution in [0.4, 0.5) is 4.79 Å². The molecule has 0 aliphatic carbocycles. The number of thiazole rings is 1. The van der Waals surface area contributed by atoms with E-state index in [2.05, 4.69) is 15.6 Å². The molecule has 0 radical (unpaired) electrons. The second kappa shape index (κ2) is 7.79. The SMILES string of the molecule is Cc1cccc(O[C@@H](C)CNC(=O)NCc2csc(C)n2)c1. The third-order valence-corrected chi connectivity index (χ3v) is 3.80. The van der Waals surface area contributed by atoms with Gasteiger partial charge in [0.2, 0.25) is 0 Å². The van der Waals surface area contributed by atoms with Crippen molar-refractivity contribution in [3.05, 3.63) is 45.9 Å². The molecule has 1 aromatic carbocycles. The number of benzene rings is 1. The Balaban J connectivity index is 1.69. The number of hydrogen-bond donors (Lipinski definition) is 2. The molecular weight excluding hydrogens is 298 g/mol. The molecular formula is C16H21N3O2S. The molecule has 22 heavy (non-hydrogen) atoms. The zero-order chi connectivity index (χ0) is 15.9. The van der Waals surface area contributed by atoms with Gasteiger partial charge in [0.1, 0.15) is 11.9 Å². The molecule has 0 saturated heterocycles. The smallest absolute Gasteiger partial charge is 0.315 e. The third kappa shape index (κ3) is 5.37. The summed E-state index contributed by atoms with van der Waals surface area (Å²) < 4.78 is 5.76. The summed E-state index contributed by atoms with van der Waals surface area (Å²) in [5, 5.41) is 8.52. The van der Waals surface area contributed by atoms with E-state index in [1.165, 1.54) is 0 Å². The van der Waals surface area contributed by atoms with Crippen LogP contribution in [0.1, 0.15) is 23.2 Å². The molecule has 1 heterocycles. The lowest BCUT2D eigenvalue weighted by Gasteiger charge is -2.16. The number of nitrogens with zero attached hydrogens (tertiary/aromatic N) is 1. The third-order valence-electron chi connectivity index (χ3n) is 2.97. The molecule has 0 saturated carbocycles. The highest BCUT2D eigenvalue weighted by atomic mass is 32.1. The molecule has 0 aliphatic heterocycles. The van der Waals surface area contributed by atoms with E-state index in [4.69, 9.17) is 4.74 Å². The number of nitrogens with one attached hydrogen (secondary N) is 2. The highest BCUT2D eigenvalue weighted by Gasteiger charge is 2.07. The monoisotopic (exact) mass is 319 g/mol. The minimum absolute atomic E-state index is 0.103. The van der Waals surface area contributed by atoms with Crippen LogP contribution in [0.15, 0.2) is 29.6 Å². The summed E-state index contributed by atoms with van der Waals surface area (Å²) in [7, 11) is 0. The Bertz CT molecular complexity index is 627. The first kappa shape index (κ1) is 16.3. The van der Waals surface area contributed by atoms with Crippen molar-refractivity contribution in [1.82, 2.24) is 15.6 Å². The largest absolute Gasteiger partial charge is 0.489 e. The molecule has 118 valence electrons. The van der Waals surface area contributed by atoms with Crippen LogP contribution in [0.25, 0.3) is 0 Å². The van der Waals surface area contributed by atoms with Gasteiger partial charge in [-0.3, -0.25) is 0 Å². The van der Waals surface area contributed by atoms with E-state index in [1.807, 2.05) is 50.4 Å². The number of carbonyl (C=O) groups is 1. The van der Waals surface area contributed by atoms with Crippen LogP contribution in [-0.4, -0.2) is 23.7 Å². The zero-order valence-electron chi connectivity index (χ0n) is 13.1. The fraction of sp³-hybridized carbons (Fsp3) is 0.375. The number of hydrogen-bond acceptors (Lipinski definition) is 4. The molecule has 0 unspecified atom stereocenters. The Morgan fingerprint density at radius 2 is 2.18 bits per heavy atom. The maximum absolute atomic E-state index is 11.7. The summed E-state index contributed by atoms with van der Waals surface area (Å²) in [6.07, 6.45) is -0.103. The lowest BCUT2D eigenvalue weighted by molar-refractivity contribution is 0.207. The molecule has 0 aliphatic rings. The highest BCUT2D eigenvalue weighted by Crippen LogP contribution is 2.13. The second-order valence-corrected chi connectivity index (χ2v) is 6.23. The minimum Gasteiger partial charge on any atom is -0.489 e. The van der Waals surface area contributed by atoms with Gasteiger partial charge in [-0.1, -0.05) is 12.1 Å². The summed E-state index contributed by atoms with van der Waals surface area (Å²) in [6, 6.07) is 7.64. The summed E-state index contributed by atoms with van der Waals surface area (Å²) in [5.74, 6) is 0.813. The quantitative estimate of drug-likeness (QED) is 0.860. The fourth-order valence-electron chi connectivity index (χ4n) is 1.92. The minimum atomic E-state index is -0.217. The summed E-state index contributed by atoms with van der Waals surface area (Å²) >= 11 is 1.57. The first-order chi connectivity index (χ1) is 10.5. The van der Waals surface area contributed by atoms with Crippen molar-refractivity contribution in [1.29, 1.82) is 0 Å². The standard InChI is InChI=1S/C16H21N3O2S/c1-11-5-4-6-15(7-11)21-12(2)8-17-16(20)18-9-14-10-22-13(3)19-14/h4-7,10,12H,8-9H2,1-3H3,(H2,17,18,20)/t12-/m0/s1. The summed E-state index contributed by atoms with van der Waals surface area (Å²) in [4.78, 5) is 16.0. The number of urea groups is 1. The van der Waals surface area contributed by atoms with Crippen molar-refractivity contribution < 1.29 is 9.53 Å².